The van der Waals surface area contributed by atoms with E-state index in [0.29, 0.717) is 16.7 Å². The predicted octanol–water partition coefficient (Wildman–Crippen LogP) is 7.63. The number of furan rings is 1. The van der Waals surface area contributed by atoms with Crippen LogP contribution in [0.5, 0.6) is 0 Å². The van der Waals surface area contributed by atoms with Gasteiger partial charge in [0.1, 0.15) is 0 Å². The van der Waals surface area contributed by atoms with E-state index in [1.165, 1.54) is 56.9 Å². The summed E-state index contributed by atoms with van der Waals surface area (Å²) in [5, 5.41) is 0. The molecule has 1 radical (unpaired) electrons. The highest BCUT2D eigenvalue weighted by Crippen LogP contribution is 2.58. The molecule has 0 aliphatic heterocycles. The highest BCUT2D eigenvalue weighted by Gasteiger charge is 2.47. The number of hydrogen-bond donors (Lipinski definition) is 0. The molecule has 3 rings (SSSR count). The van der Waals surface area contributed by atoms with Crippen molar-refractivity contribution < 1.29 is 4.42 Å². The average molecular weight is 356 g/mol. The Kier molecular flexibility index (Phi) is 6.04. The summed E-state index contributed by atoms with van der Waals surface area (Å²) in [5.41, 5.74) is 4.00. The number of rotatable bonds is 7. The molecule has 4 atom stereocenters. The topological polar surface area (TPSA) is 13.1 Å². The first kappa shape index (κ1) is 19.8. The average Bonchev–Trinajstić information content (AvgIpc) is 3.10. The van der Waals surface area contributed by atoms with Gasteiger partial charge in [-0.25, -0.2) is 0 Å². The van der Waals surface area contributed by atoms with Crippen molar-refractivity contribution in [3.8, 4) is 0 Å². The Morgan fingerprint density at radius 2 is 2.04 bits per heavy atom. The smallest absolute Gasteiger partial charge is 0.0934 e. The lowest BCUT2D eigenvalue weighted by molar-refractivity contribution is 0.0772. The van der Waals surface area contributed by atoms with Crippen molar-refractivity contribution in [3.05, 3.63) is 42.7 Å². The van der Waals surface area contributed by atoms with Crippen molar-refractivity contribution in [1.82, 2.24) is 0 Å². The summed E-state index contributed by atoms with van der Waals surface area (Å²) in [5.74, 6) is 2.18. The summed E-state index contributed by atoms with van der Waals surface area (Å²) >= 11 is 0. The highest BCUT2D eigenvalue weighted by atomic mass is 16.3. The Morgan fingerprint density at radius 1 is 1.23 bits per heavy atom. The molecule has 0 aromatic carbocycles. The van der Waals surface area contributed by atoms with Gasteiger partial charge in [0, 0.05) is 0 Å². The zero-order valence-corrected chi connectivity index (χ0v) is 17.5. The van der Waals surface area contributed by atoms with Gasteiger partial charge in [-0.05, 0) is 91.6 Å². The van der Waals surface area contributed by atoms with Crippen LogP contribution in [0.15, 0.2) is 34.7 Å². The standard InChI is InChI=1S/C25H39O/c1-19(8-6-9-21-14-17-26-18-21)13-16-25(5)20(2)11-12-22-23(25)10-7-15-24(22,3)4/h10,14,17-20,22H,1,6-9,11-13,15-16H2,2-5H3. The van der Waals surface area contributed by atoms with Crippen LogP contribution in [0.4, 0.5) is 0 Å². The van der Waals surface area contributed by atoms with Crippen molar-refractivity contribution in [2.45, 2.75) is 85.5 Å². The Labute approximate surface area is 161 Å². The fourth-order valence-electron chi connectivity index (χ4n) is 5.60. The number of hydrogen-bond acceptors (Lipinski definition) is 1. The van der Waals surface area contributed by atoms with Gasteiger partial charge < -0.3 is 4.42 Å². The Bertz CT molecular complexity index is 594. The third kappa shape index (κ3) is 4.12. The van der Waals surface area contributed by atoms with E-state index in [1.807, 2.05) is 6.26 Å². The van der Waals surface area contributed by atoms with Crippen molar-refractivity contribution in [3.63, 3.8) is 0 Å². The van der Waals surface area contributed by atoms with Crippen LogP contribution in [0, 0.1) is 35.5 Å². The van der Waals surface area contributed by atoms with Crippen LogP contribution in [0.3, 0.4) is 0 Å². The van der Waals surface area contributed by atoms with E-state index < -0.39 is 0 Å². The molecule has 0 bridgehead atoms. The van der Waals surface area contributed by atoms with E-state index in [-0.39, 0.29) is 0 Å². The monoisotopic (exact) mass is 355 g/mol. The minimum Gasteiger partial charge on any atom is -0.472 e. The molecule has 1 nitrogen and oxygen atoms in total. The van der Waals surface area contributed by atoms with Crippen LogP contribution in [-0.4, -0.2) is 0 Å². The fraction of sp³-hybridized carbons (Fsp3) is 0.720. The van der Waals surface area contributed by atoms with Crippen molar-refractivity contribution in [1.29, 1.82) is 0 Å². The SMILES string of the molecule is [CH2]C(CCCc1ccoc1)CCC1(C)C2=CCCC(C)(C)C2CCC1C. The second kappa shape index (κ2) is 7.95. The molecule has 0 saturated heterocycles. The van der Waals surface area contributed by atoms with Crippen LogP contribution in [0.25, 0.3) is 0 Å². The first-order valence-electron chi connectivity index (χ1n) is 10.9. The molecular formula is C25H39O. The summed E-state index contributed by atoms with van der Waals surface area (Å²) in [4.78, 5) is 0. The molecule has 2 aliphatic carbocycles. The van der Waals surface area contributed by atoms with Crippen LogP contribution < -0.4 is 0 Å². The van der Waals surface area contributed by atoms with Gasteiger partial charge in [-0.15, -0.1) is 0 Å². The lowest BCUT2D eigenvalue weighted by Gasteiger charge is -2.53. The molecule has 4 unspecified atom stereocenters. The highest BCUT2D eigenvalue weighted by molar-refractivity contribution is 5.25. The van der Waals surface area contributed by atoms with Crippen molar-refractivity contribution in [2.75, 3.05) is 0 Å². The lowest BCUT2D eigenvalue weighted by atomic mass is 9.52. The molecule has 0 spiro atoms. The van der Waals surface area contributed by atoms with Crippen LogP contribution in [0.1, 0.15) is 84.6 Å². The predicted molar refractivity (Wildman–Crippen MR) is 111 cm³/mol. The summed E-state index contributed by atoms with van der Waals surface area (Å²) in [6.07, 6.45) is 17.8. The van der Waals surface area contributed by atoms with Gasteiger partial charge in [-0.2, -0.15) is 0 Å². The lowest BCUT2D eigenvalue weighted by Crippen LogP contribution is -2.43. The second-order valence-corrected chi connectivity index (χ2v) is 10.1. The molecule has 26 heavy (non-hydrogen) atoms. The summed E-state index contributed by atoms with van der Waals surface area (Å²) in [6, 6.07) is 2.08. The summed E-state index contributed by atoms with van der Waals surface area (Å²) in [6.45, 7) is 14.5. The van der Waals surface area contributed by atoms with Crippen molar-refractivity contribution >= 4 is 0 Å². The molecular weight excluding hydrogens is 316 g/mol. The molecule has 1 heteroatoms. The largest absolute Gasteiger partial charge is 0.472 e. The zero-order valence-electron chi connectivity index (χ0n) is 17.5. The Balaban J connectivity index is 1.57. The van der Waals surface area contributed by atoms with Gasteiger partial charge >= 0.3 is 0 Å². The maximum atomic E-state index is 5.17. The van der Waals surface area contributed by atoms with Crippen molar-refractivity contribution in [2.24, 2.45) is 28.6 Å². The molecule has 0 amide bonds. The van der Waals surface area contributed by atoms with Gasteiger partial charge in [0.25, 0.3) is 0 Å². The fourth-order valence-corrected chi connectivity index (χ4v) is 5.60. The third-order valence-corrected chi connectivity index (χ3v) is 7.84. The van der Waals surface area contributed by atoms with Gasteiger partial charge in [0.15, 0.2) is 0 Å². The minimum atomic E-state index is 0.390. The third-order valence-electron chi connectivity index (χ3n) is 7.84. The molecule has 1 aromatic rings. The van der Waals surface area contributed by atoms with E-state index in [9.17, 15) is 0 Å². The molecule has 2 aliphatic rings. The van der Waals surface area contributed by atoms with Crippen LogP contribution >= 0.6 is 0 Å². The normalized spacial score (nSPS) is 32.0. The first-order chi connectivity index (χ1) is 12.3. The Hall–Kier alpha value is -0.980. The zero-order chi connectivity index (χ0) is 18.8. The van der Waals surface area contributed by atoms with E-state index in [4.69, 9.17) is 4.42 Å². The minimum absolute atomic E-state index is 0.390. The first-order valence-corrected chi connectivity index (χ1v) is 10.9. The van der Waals surface area contributed by atoms with E-state index in [2.05, 4.69) is 46.8 Å². The van der Waals surface area contributed by atoms with Crippen LogP contribution in [0.2, 0.25) is 0 Å². The molecule has 1 saturated carbocycles. The molecule has 145 valence electrons. The van der Waals surface area contributed by atoms with Gasteiger partial charge in [0.2, 0.25) is 0 Å². The summed E-state index contributed by atoms with van der Waals surface area (Å²) < 4.78 is 5.17. The van der Waals surface area contributed by atoms with E-state index in [0.717, 1.165) is 18.3 Å². The van der Waals surface area contributed by atoms with E-state index in [1.54, 1.807) is 11.8 Å². The summed E-state index contributed by atoms with van der Waals surface area (Å²) in [7, 11) is 0. The molecule has 1 aromatic heterocycles. The maximum absolute atomic E-state index is 5.17. The number of aryl methyl sites for hydroxylation is 1. The van der Waals surface area contributed by atoms with Gasteiger partial charge in [-0.3, -0.25) is 0 Å². The Morgan fingerprint density at radius 3 is 2.77 bits per heavy atom. The second-order valence-electron chi connectivity index (χ2n) is 10.1. The molecule has 1 heterocycles. The van der Waals surface area contributed by atoms with Gasteiger partial charge in [-0.1, -0.05) is 52.7 Å². The molecule has 0 N–H and O–H groups in total. The quantitative estimate of drug-likeness (QED) is 0.458. The van der Waals surface area contributed by atoms with Gasteiger partial charge in [0.05, 0.1) is 12.5 Å². The number of fused-ring (bicyclic) bond motifs is 1. The molecule has 1 fully saturated rings. The maximum Gasteiger partial charge on any atom is 0.0934 e. The number of allylic oxidation sites excluding steroid dienone is 2. The van der Waals surface area contributed by atoms with Crippen LogP contribution in [-0.2, 0) is 6.42 Å². The van der Waals surface area contributed by atoms with E-state index >= 15 is 0 Å².